The van der Waals surface area contributed by atoms with E-state index >= 15 is 0 Å². The monoisotopic (exact) mass is 372 g/mol. The van der Waals surface area contributed by atoms with Crippen LogP contribution in [0.1, 0.15) is 25.8 Å². The highest BCUT2D eigenvalue weighted by molar-refractivity contribution is 5.85. The van der Waals surface area contributed by atoms with Gasteiger partial charge in [0, 0.05) is 31.6 Å². The Morgan fingerprint density at radius 1 is 1.16 bits per heavy atom. The van der Waals surface area contributed by atoms with Gasteiger partial charge in [0.05, 0.1) is 21.3 Å². The number of methoxy groups -OCH3 is 3. The maximum atomic E-state index is 12.6. The first kappa shape index (κ1) is 21.4. The highest BCUT2D eigenvalue weighted by Crippen LogP contribution is 2.40. The molecule has 2 rings (SSSR count). The summed E-state index contributed by atoms with van der Waals surface area (Å²) in [4.78, 5) is 14.6. The second-order valence-electron chi connectivity index (χ2n) is 6.06. The van der Waals surface area contributed by atoms with Crippen LogP contribution in [-0.4, -0.2) is 57.3 Å². The molecule has 1 saturated heterocycles. The number of piperazine rings is 1. The topological polar surface area (TPSA) is 60.0 Å². The van der Waals surface area contributed by atoms with Crippen molar-refractivity contribution in [3.8, 4) is 17.2 Å². The zero-order valence-corrected chi connectivity index (χ0v) is 16.4. The number of carbonyl (C=O) groups is 1. The smallest absolute Gasteiger partial charge is 0.223 e. The van der Waals surface area contributed by atoms with Crippen LogP contribution in [0.3, 0.4) is 0 Å². The van der Waals surface area contributed by atoms with Gasteiger partial charge >= 0.3 is 0 Å². The Morgan fingerprint density at radius 3 is 2.44 bits per heavy atom. The maximum absolute atomic E-state index is 12.6. The Bertz CT molecular complexity index is 582. The van der Waals surface area contributed by atoms with E-state index in [9.17, 15) is 4.79 Å². The summed E-state index contributed by atoms with van der Waals surface area (Å²) in [7, 11) is 4.77. The molecule has 25 heavy (non-hydrogen) atoms. The number of ether oxygens (including phenoxy) is 3. The van der Waals surface area contributed by atoms with Gasteiger partial charge in [-0.05, 0) is 31.9 Å². The number of hydrogen-bond donors (Lipinski definition) is 1. The van der Waals surface area contributed by atoms with Crippen LogP contribution in [0.5, 0.6) is 17.2 Å². The Balaban J connectivity index is 0.00000312. The van der Waals surface area contributed by atoms with E-state index in [1.807, 2.05) is 17.0 Å². The summed E-state index contributed by atoms with van der Waals surface area (Å²) in [6.45, 7) is 5.80. The van der Waals surface area contributed by atoms with Crippen molar-refractivity contribution in [3.05, 3.63) is 17.7 Å². The van der Waals surface area contributed by atoms with Crippen molar-refractivity contribution in [2.24, 2.45) is 0 Å². The summed E-state index contributed by atoms with van der Waals surface area (Å²) in [6.07, 6.45) is 1.05. The van der Waals surface area contributed by atoms with Crippen molar-refractivity contribution in [1.29, 1.82) is 0 Å². The van der Waals surface area contributed by atoms with Gasteiger partial charge in [-0.2, -0.15) is 0 Å². The predicted molar refractivity (Wildman–Crippen MR) is 100 cm³/mol. The van der Waals surface area contributed by atoms with Gasteiger partial charge in [0.15, 0.2) is 11.5 Å². The molecule has 1 aliphatic rings. The van der Waals surface area contributed by atoms with Crippen LogP contribution in [0, 0.1) is 0 Å². The van der Waals surface area contributed by atoms with E-state index in [0.717, 1.165) is 18.7 Å². The minimum atomic E-state index is 0. The number of aryl methyl sites for hydroxylation is 1. The standard InChI is InChI=1S/C18H28N2O4.ClH/c1-12-13(2)20(11-10-19-12)16(21)9-7-14-6-8-15(22-3)18(24-5)17(14)23-4;/h6,8,12-13,19H,7,9-11H2,1-5H3;1H. The minimum absolute atomic E-state index is 0. The molecule has 1 fully saturated rings. The Hall–Kier alpha value is -1.66. The zero-order valence-electron chi connectivity index (χ0n) is 15.6. The number of hydrogen-bond acceptors (Lipinski definition) is 5. The number of rotatable bonds is 6. The number of halogens is 1. The third-order valence-corrected chi connectivity index (χ3v) is 4.75. The SMILES string of the molecule is COc1ccc(CCC(=O)N2CCNC(C)C2C)c(OC)c1OC.Cl. The van der Waals surface area contributed by atoms with E-state index in [1.165, 1.54) is 0 Å². The van der Waals surface area contributed by atoms with Crippen molar-refractivity contribution < 1.29 is 19.0 Å². The summed E-state index contributed by atoms with van der Waals surface area (Å²) in [5.41, 5.74) is 0.944. The molecule has 7 heteroatoms. The van der Waals surface area contributed by atoms with Gasteiger partial charge in [-0.15, -0.1) is 12.4 Å². The van der Waals surface area contributed by atoms with Crippen molar-refractivity contribution >= 4 is 18.3 Å². The fourth-order valence-electron chi connectivity index (χ4n) is 3.15. The first-order valence-electron chi connectivity index (χ1n) is 8.34. The highest BCUT2D eigenvalue weighted by Gasteiger charge is 2.28. The van der Waals surface area contributed by atoms with E-state index < -0.39 is 0 Å². The molecule has 0 radical (unpaired) electrons. The third-order valence-electron chi connectivity index (χ3n) is 4.75. The summed E-state index contributed by atoms with van der Waals surface area (Å²) in [5.74, 6) is 1.99. The summed E-state index contributed by atoms with van der Waals surface area (Å²) >= 11 is 0. The fraction of sp³-hybridized carbons (Fsp3) is 0.611. The van der Waals surface area contributed by atoms with Gasteiger partial charge < -0.3 is 24.4 Å². The molecule has 142 valence electrons. The Kier molecular flexibility index (Phi) is 8.32. The predicted octanol–water partition coefficient (Wildman–Crippen LogP) is 2.28. The summed E-state index contributed by atoms with van der Waals surface area (Å²) in [6, 6.07) is 4.30. The molecule has 0 saturated carbocycles. The number of amides is 1. The number of nitrogens with one attached hydrogen (secondary N) is 1. The van der Waals surface area contributed by atoms with E-state index in [4.69, 9.17) is 14.2 Å². The fourth-order valence-corrected chi connectivity index (χ4v) is 3.15. The van der Waals surface area contributed by atoms with E-state index in [1.54, 1.807) is 21.3 Å². The van der Waals surface area contributed by atoms with Crippen LogP contribution in [0.2, 0.25) is 0 Å². The van der Waals surface area contributed by atoms with Crippen LogP contribution in [-0.2, 0) is 11.2 Å². The van der Waals surface area contributed by atoms with Crippen molar-refractivity contribution in [3.63, 3.8) is 0 Å². The molecule has 1 N–H and O–H groups in total. The Labute approximate surface area is 156 Å². The molecule has 0 bridgehead atoms. The normalized spacial score (nSPS) is 19.8. The number of benzene rings is 1. The molecular weight excluding hydrogens is 344 g/mol. The van der Waals surface area contributed by atoms with Crippen LogP contribution in [0.25, 0.3) is 0 Å². The van der Waals surface area contributed by atoms with Gasteiger partial charge in [-0.3, -0.25) is 4.79 Å². The van der Waals surface area contributed by atoms with Crippen molar-refractivity contribution in [2.75, 3.05) is 34.4 Å². The largest absolute Gasteiger partial charge is 0.493 e. The molecule has 1 aromatic carbocycles. The van der Waals surface area contributed by atoms with Crippen LogP contribution < -0.4 is 19.5 Å². The quantitative estimate of drug-likeness (QED) is 0.830. The van der Waals surface area contributed by atoms with Crippen LogP contribution >= 0.6 is 12.4 Å². The van der Waals surface area contributed by atoms with Gasteiger partial charge in [0.2, 0.25) is 11.7 Å². The van der Waals surface area contributed by atoms with Gasteiger partial charge in [-0.1, -0.05) is 6.07 Å². The van der Waals surface area contributed by atoms with E-state index in [0.29, 0.717) is 36.1 Å². The van der Waals surface area contributed by atoms with E-state index in [-0.39, 0.29) is 24.4 Å². The van der Waals surface area contributed by atoms with Gasteiger partial charge in [0.25, 0.3) is 0 Å². The molecular formula is C18H29ClN2O4. The third kappa shape index (κ3) is 4.70. The molecule has 1 aromatic rings. The van der Waals surface area contributed by atoms with E-state index in [2.05, 4.69) is 19.2 Å². The summed E-state index contributed by atoms with van der Waals surface area (Å²) < 4.78 is 16.2. The second kappa shape index (κ2) is 9.73. The lowest BCUT2D eigenvalue weighted by atomic mass is 10.0. The highest BCUT2D eigenvalue weighted by atomic mass is 35.5. The molecule has 2 unspecified atom stereocenters. The lowest BCUT2D eigenvalue weighted by Crippen LogP contribution is -2.57. The molecule has 1 heterocycles. The lowest BCUT2D eigenvalue weighted by molar-refractivity contribution is -0.134. The Morgan fingerprint density at radius 2 is 1.84 bits per heavy atom. The number of nitrogens with zero attached hydrogens (tertiary/aromatic N) is 1. The average Bonchev–Trinajstić information content (AvgIpc) is 2.60. The van der Waals surface area contributed by atoms with Crippen LogP contribution in [0.15, 0.2) is 12.1 Å². The molecule has 1 amide bonds. The lowest BCUT2D eigenvalue weighted by Gasteiger charge is -2.38. The van der Waals surface area contributed by atoms with Crippen molar-refractivity contribution in [2.45, 2.75) is 38.8 Å². The molecule has 2 atom stereocenters. The van der Waals surface area contributed by atoms with Crippen LogP contribution in [0.4, 0.5) is 0 Å². The van der Waals surface area contributed by atoms with Gasteiger partial charge in [-0.25, -0.2) is 0 Å². The minimum Gasteiger partial charge on any atom is -0.493 e. The van der Waals surface area contributed by atoms with Gasteiger partial charge in [0.1, 0.15) is 0 Å². The van der Waals surface area contributed by atoms with Crippen molar-refractivity contribution in [1.82, 2.24) is 10.2 Å². The first-order chi connectivity index (χ1) is 11.5. The first-order valence-corrected chi connectivity index (χ1v) is 8.34. The average molecular weight is 373 g/mol. The molecule has 1 aliphatic heterocycles. The molecule has 6 nitrogen and oxygen atoms in total. The second-order valence-corrected chi connectivity index (χ2v) is 6.06. The molecule has 0 aromatic heterocycles. The zero-order chi connectivity index (χ0) is 17.7. The summed E-state index contributed by atoms with van der Waals surface area (Å²) in [5, 5.41) is 3.39. The maximum Gasteiger partial charge on any atom is 0.223 e. The molecule has 0 aliphatic carbocycles. The number of carbonyl (C=O) groups excluding carboxylic acids is 1. The molecule has 0 spiro atoms.